The largest absolute Gasteiger partial charge is 0.254 e. The number of hydrogen-bond acceptors (Lipinski definition) is 2. The zero-order valence-electron chi connectivity index (χ0n) is 20.7. The van der Waals surface area contributed by atoms with Crippen molar-refractivity contribution in [2.24, 2.45) is 0 Å². The molecule has 2 heteroatoms. The summed E-state index contributed by atoms with van der Waals surface area (Å²) in [7, 11) is 0. The van der Waals surface area contributed by atoms with Crippen LogP contribution in [0.1, 0.15) is 115 Å². The number of aromatic nitrogens is 2. The first-order valence-electron chi connectivity index (χ1n) is 13.5. The first-order chi connectivity index (χ1) is 15.8. The highest BCUT2D eigenvalue weighted by Gasteiger charge is 2.10. The molecule has 0 bridgehead atoms. The van der Waals surface area contributed by atoms with E-state index in [1.165, 1.54) is 118 Å². The standard InChI is InChI=1S/C30H44N2/c1-3-5-7-9-11-13-15-18-26-24-27-22-21-25-19-17-23-31-29(25)30(27)32-28(26)20-16-14-12-10-8-6-4-2/h17,19,21-24H,3-16,18,20H2,1-2H3. The van der Waals surface area contributed by atoms with Gasteiger partial charge in [-0.15, -0.1) is 0 Å². The van der Waals surface area contributed by atoms with Crippen molar-refractivity contribution >= 4 is 21.8 Å². The molecule has 0 aliphatic heterocycles. The Labute approximate surface area is 196 Å². The van der Waals surface area contributed by atoms with Gasteiger partial charge in [-0.3, -0.25) is 9.97 Å². The van der Waals surface area contributed by atoms with Gasteiger partial charge >= 0.3 is 0 Å². The first kappa shape index (κ1) is 24.7. The van der Waals surface area contributed by atoms with Crippen molar-refractivity contribution in [1.82, 2.24) is 9.97 Å². The third-order valence-corrected chi connectivity index (χ3v) is 6.79. The Morgan fingerprint density at radius 1 is 0.594 bits per heavy atom. The average Bonchev–Trinajstić information content (AvgIpc) is 2.83. The molecule has 0 fully saturated rings. The first-order valence-corrected chi connectivity index (χ1v) is 13.5. The van der Waals surface area contributed by atoms with Crippen LogP contribution in [0, 0.1) is 0 Å². The highest BCUT2D eigenvalue weighted by Crippen LogP contribution is 2.26. The van der Waals surface area contributed by atoms with E-state index in [0.29, 0.717) is 0 Å². The summed E-state index contributed by atoms with van der Waals surface area (Å²) in [4.78, 5) is 9.89. The minimum absolute atomic E-state index is 1.05. The van der Waals surface area contributed by atoms with Gasteiger partial charge in [0.25, 0.3) is 0 Å². The lowest BCUT2D eigenvalue weighted by molar-refractivity contribution is 0.581. The van der Waals surface area contributed by atoms with Gasteiger partial charge in [-0.2, -0.15) is 0 Å². The van der Waals surface area contributed by atoms with E-state index in [-0.39, 0.29) is 0 Å². The van der Waals surface area contributed by atoms with E-state index in [4.69, 9.17) is 4.98 Å². The molecule has 174 valence electrons. The fraction of sp³-hybridized carbons (Fsp3) is 0.600. The Morgan fingerprint density at radius 2 is 1.19 bits per heavy atom. The molecular formula is C30H44N2. The summed E-state index contributed by atoms with van der Waals surface area (Å²) in [5.74, 6) is 0. The van der Waals surface area contributed by atoms with Crippen molar-refractivity contribution in [3.8, 4) is 0 Å². The van der Waals surface area contributed by atoms with E-state index in [0.717, 1.165) is 17.5 Å². The fourth-order valence-corrected chi connectivity index (χ4v) is 4.81. The maximum Gasteiger partial charge on any atom is 0.0968 e. The average molecular weight is 433 g/mol. The molecule has 0 spiro atoms. The summed E-state index contributed by atoms with van der Waals surface area (Å²) >= 11 is 0. The molecule has 0 atom stereocenters. The number of nitrogens with zero attached hydrogens (tertiary/aromatic N) is 2. The normalized spacial score (nSPS) is 11.6. The maximum atomic E-state index is 5.23. The Kier molecular flexibility index (Phi) is 11.0. The van der Waals surface area contributed by atoms with Gasteiger partial charge in [0.1, 0.15) is 0 Å². The summed E-state index contributed by atoms with van der Waals surface area (Å²) in [6, 6.07) is 11.0. The van der Waals surface area contributed by atoms with Crippen molar-refractivity contribution < 1.29 is 0 Å². The van der Waals surface area contributed by atoms with Gasteiger partial charge in [0.05, 0.1) is 11.0 Å². The van der Waals surface area contributed by atoms with Gasteiger partial charge < -0.3 is 0 Å². The minimum atomic E-state index is 1.05. The monoisotopic (exact) mass is 432 g/mol. The third kappa shape index (κ3) is 7.57. The molecule has 0 aliphatic rings. The second-order valence-electron chi connectivity index (χ2n) is 9.55. The highest BCUT2D eigenvalue weighted by atomic mass is 14.8. The molecule has 1 aromatic carbocycles. The second-order valence-corrected chi connectivity index (χ2v) is 9.55. The molecule has 0 amide bonds. The topological polar surface area (TPSA) is 25.8 Å². The number of aryl methyl sites for hydroxylation is 2. The van der Waals surface area contributed by atoms with Crippen molar-refractivity contribution in [3.05, 3.63) is 47.8 Å². The van der Waals surface area contributed by atoms with Crippen LogP contribution < -0.4 is 0 Å². The van der Waals surface area contributed by atoms with E-state index in [1.807, 2.05) is 12.3 Å². The Hall–Kier alpha value is -1.96. The number of fused-ring (bicyclic) bond motifs is 3. The lowest BCUT2D eigenvalue weighted by atomic mass is 9.98. The van der Waals surface area contributed by atoms with Gasteiger partial charge in [0.2, 0.25) is 0 Å². The van der Waals surface area contributed by atoms with Crippen LogP contribution in [0.4, 0.5) is 0 Å². The zero-order valence-corrected chi connectivity index (χ0v) is 20.7. The molecule has 0 radical (unpaired) electrons. The van der Waals surface area contributed by atoms with E-state index in [9.17, 15) is 0 Å². The molecule has 0 unspecified atom stereocenters. The maximum absolute atomic E-state index is 5.23. The highest BCUT2D eigenvalue weighted by molar-refractivity contribution is 6.02. The predicted molar refractivity (Wildman–Crippen MR) is 140 cm³/mol. The van der Waals surface area contributed by atoms with E-state index >= 15 is 0 Å². The SMILES string of the molecule is CCCCCCCCCc1cc2ccc3cccnc3c2nc1CCCCCCCCC. The lowest BCUT2D eigenvalue weighted by Gasteiger charge is -2.12. The van der Waals surface area contributed by atoms with Crippen LogP contribution in [-0.4, -0.2) is 9.97 Å². The number of rotatable bonds is 16. The number of unbranched alkanes of at least 4 members (excludes halogenated alkanes) is 12. The molecule has 0 aliphatic carbocycles. The van der Waals surface area contributed by atoms with Gasteiger partial charge in [-0.1, -0.05) is 109 Å². The molecule has 0 saturated carbocycles. The summed E-state index contributed by atoms with van der Waals surface area (Å²) in [5.41, 5.74) is 4.94. The second kappa shape index (κ2) is 14.2. The molecule has 2 heterocycles. The summed E-state index contributed by atoms with van der Waals surface area (Å²) < 4.78 is 0. The van der Waals surface area contributed by atoms with Crippen LogP contribution in [0.25, 0.3) is 21.8 Å². The van der Waals surface area contributed by atoms with E-state index in [2.05, 4.69) is 43.1 Å². The van der Waals surface area contributed by atoms with Crippen molar-refractivity contribution in [1.29, 1.82) is 0 Å². The van der Waals surface area contributed by atoms with Crippen LogP contribution in [-0.2, 0) is 12.8 Å². The molecule has 0 saturated heterocycles. The Bertz CT molecular complexity index is 931. The van der Waals surface area contributed by atoms with Gasteiger partial charge in [0.15, 0.2) is 0 Å². The number of hydrogen-bond donors (Lipinski definition) is 0. The fourth-order valence-electron chi connectivity index (χ4n) is 4.81. The van der Waals surface area contributed by atoms with Crippen molar-refractivity contribution in [2.45, 2.75) is 117 Å². The van der Waals surface area contributed by atoms with Crippen LogP contribution in [0.5, 0.6) is 0 Å². The van der Waals surface area contributed by atoms with Gasteiger partial charge in [0, 0.05) is 22.7 Å². The van der Waals surface area contributed by atoms with Crippen molar-refractivity contribution in [3.63, 3.8) is 0 Å². The molecule has 2 nitrogen and oxygen atoms in total. The summed E-state index contributed by atoms with van der Waals surface area (Å²) in [5, 5.41) is 2.44. The molecule has 0 N–H and O–H groups in total. The lowest BCUT2D eigenvalue weighted by Crippen LogP contribution is -2.01. The molecule has 3 rings (SSSR count). The smallest absolute Gasteiger partial charge is 0.0968 e. The van der Waals surface area contributed by atoms with Crippen molar-refractivity contribution in [2.75, 3.05) is 0 Å². The molecule has 2 aromatic heterocycles. The quantitative estimate of drug-likeness (QED) is 0.166. The van der Waals surface area contributed by atoms with Crippen LogP contribution in [0.2, 0.25) is 0 Å². The van der Waals surface area contributed by atoms with Gasteiger partial charge in [-0.05, 0) is 43.4 Å². The Morgan fingerprint density at radius 3 is 1.88 bits per heavy atom. The zero-order chi connectivity index (χ0) is 22.4. The van der Waals surface area contributed by atoms with E-state index < -0.39 is 0 Å². The predicted octanol–water partition coefficient (Wildman–Crippen LogP) is 9.37. The van der Waals surface area contributed by atoms with Crippen LogP contribution in [0.15, 0.2) is 36.5 Å². The third-order valence-electron chi connectivity index (χ3n) is 6.79. The minimum Gasteiger partial charge on any atom is -0.254 e. The summed E-state index contributed by atoms with van der Waals surface area (Å²) in [6.07, 6.45) is 23.1. The van der Waals surface area contributed by atoms with E-state index in [1.54, 1.807) is 0 Å². The Balaban J connectivity index is 1.67. The van der Waals surface area contributed by atoms with Crippen LogP contribution >= 0.6 is 0 Å². The van der Waals surface area contributed by atoms with Crippen LogP contribution in [0.3, 0.4) is 0 Å². The molecular weight excluding hydrogens is 388 g/mol. The van der Waals surface area contributed by atoms with Gasteiger partial charge in [-0.25, -0.2) is 0 Å². The molecule has 3 aromatic rings. The number of pyridine rings is 2. The summed E-state index contributed by atoms with van der Waals surface area (Å²) in [6.45, 7) is 4.58. The molecule has 32 heavy (non-hydrogen) atoms. The number of benzene rings is 1.